The number of nitrogens with zero attached hydrogens (tertiary/aromatic N) is 2. The molecule has 1 aromatic heterocycles. The van der Waals surface area contributed by atoms with Crippen molar-refractivity contribution in [3.63, 3.8) is 0 Å². The molecule has 1 heterocycles. The van der Waals surface area contributed by atoms with Gasteiger partial charge in [0.1, 0.15) is 17.4 Å². The van der Waals surface area contributed by atoms with E-state index in [4.69, 9.17) is 16.3 Å². The predicted molar refractivity (Wildman–Crippen MR) is 162 cm³/mol. The van der Waals surface area contributed by atoms with Gasteiger partial charge in [-0.15, -0.1) is 0 Å². The molecule has 40 heavy (non-hydrogen) atoms. The third-order valence-electron chi connectivity index (χ3n) is 6.39. The van der Waals surface area contributed by atoms with E-state index in [0.717, 1.165) is 27.7 Å². The van der Waals surface area contributed by atoms with Crippen LogP contribution >= 0.6 is 11.6 Å². The number of fused-ring (bicyclic) bond motifs is 3. The van der Waals surface area contributed by atoms with Gasteiger partial charge in [0.2, 0.25) is 0 Å². The summed E-state index contributed by atoms with van der Waals surface area (Å²) in [4.78, 5) is 16.2. The van der Waals surface area contributed by atoms with Gasteiger partial charge in [-0.25, -0.2) is 0 Å². The first-order valence-corrected chi connectivity index (χ1v) is 13.8. The number of aromatic nitrogens is 1. The summed E-state index contributed by atoms with van der Waals surface area (Å²) in [6.45, 7) is 6.08. The molecule has 0 bridgehead atoms. The number of halogens is 1. The quantitative estimate of drug-likeness (QED) is 0.134. The number of H-pyrrole nitrogens is 1. The maximum Gasteiger partial charge on any atom is 0.288 e. The van der Waals surface area contributed by atoms with Gasteiger partial charge >= 0.3 is 0 Å². The van der Waals surface area contributed by atoms with Crippen LogP contribution in [-0.4, -0.2) is 39.6 Å². The molecule has 0 radical (unpaired) electrons. The van der Waals surface area contributed by atoms with Crippen LogP contribution in [0.5, 0.6) is 5.75 Å². The summed E-state index contributed by atoms with van der Waals surface area (Å²) in [6.07, 6.45) is 0.322. The van der Waals surface area contributed by atoms with Gasteiger partial charge in [-0.05, 0) is 35.4 Å². The van der Waals surface area contributed by atoms with Crippen LogP contribution in [0, 0.1) is 10.1 Å². The van der Waals surface area contributed by atoms with Crippen molar-refractivity contribution in [3.8, 4) is 5.75 Å². The first-order valence-electron chi connectivity index (χ1n) is 13.4. The molecule has 4 aromatic carbocycles. The van der Waals surface area contributed by atoms with Crippen LogP contribution in [0.3, 0.4) is 0 Å². The Balaban J connectivity index is 0.00000118. The fourth-order valence-corrected chi connectivity index (χ4v) is 4.71. The molecule has 0 fully saturated rings. The Hall–Kier alpha value is -3.91. The zero-order valence-corrected chi connectivity index (χ0v) is 23.5. The van der Waals surface area contributed by atoms with Crippen LogP contribution in [0.25, 0.3) is 21.8 Å². The Kier molecular flexibility index (Phi) is 10.1. The number of ether oxygens (including phenoxy) is 1. The minimum Gasteiger partial charge on any atom is -0.492 e. The van der Waals surface area contributed by atoms with E-state index in [9.17, 15) is 15.2 Å². The second-order valence-electron chi connectivity index (χ2n) is 9.64. The van der Waals surface area contributed by atoms with Crippen molar-refractivity contribution < 1.29 is 14.8 Å². The first kappa shape index (κ1) is 29.1. The molecule has 1 atom stereocenters. The zero-order chi connectivity index (χ0) is 28.5. The van der Waals surface area contributed by atoms with Crippen molar-refractivity contribution in [2.75, 3.05) is 19.7 Å². The van der Waals surface area contributed by atoms with E-state index in [1.165, 1.54) is 23.9 Å². The number of aliphatic hydroxyl groups is 1. The lowest BCUT2D eigenvalue weighted by molar-refractivity contribution is -0.384. The molecule has 0 aliphatic carbocycles. The van der Waals surface area contributed by atoms with Crippen LogP contribution in [0.2, 0.25) is 5.02 Å². The highest BCUT2D eigenvalue weighted by Crippen LogP contribution is 2.29. The summed E-state index contributed by atoms with van der Waals surface area (Å²) in [5.74, 6) is 0.757. The lowest BCUT2D eigenvalue weighted by atomic mass is 10.1. The summed E-state index contributed by atoms with van der Waals surface area (Å²) < 4.78 is 6.08. The van der Waals surface area contributed by atoms with Crippen molar-refractivity contribution in [1.29, 1.82) is 0 Å². The molecular formula is C32H34ClN3O4. The monoisotopic (exact) mass is 559 g/mol. The summed E-state index contributed by atoms with van der Waals surface area (Å²) >= 11 is 5.94. The van der Waals surface area contributed by atoms with Gasteiger partial charge in [0.15, 0.2) is 0 Å². The first-order chi connectivity index (χ1) is 19.4. The Labute approximate surface area is 239 Å². The molecule has 208 valence electrons. The highest BCUT2D eigenvalue weighted by atomic mass is 35.5. The molecular weight excluding hydrogens is 526 g/mol. The van der Waals surface area contributed by atoms with Crippen molar-refractivity contribution in [2.45, 2.75) is 32.9 Å². The van der Waals surface area contributed by atoms with E-state index >= 15 is 0 Å². The summed E-state index contributed by atoms with van der Waals surface area (Å²) in [7, 11) is 0. The molecule has 2 N–H and O–H groups in total. The van der Waals surface area contributed by atoms with Crippen LogP contribution in [0.15, 0.2) is 91.0 Å². The standard InChI is InChI=1S/C29H26ClN3O4.C3H8/c30-25-13-10-21(16-28(25)33(35)36)29(34)19-32(18-20-6-2-1-3-7-20)14-15-37-22-11-12-24-23-8-4-5-9-26(23)31-27(24)17-22;1-3-2/h1-13,16-17,29,31,34H,14-15,18-19H2;3H2,1-2H3. The maximum absolute atomic E-state index is 11.3. The third-order valence-corrected chi connectivity index (χ3v) is 6.71. The Morgan fingerprint density at radius 3 is 2.40 bits per heavy atom. The molecule has 7 nitrogen and oxygen atoms in total. The van der Waals surface area contributed by atoms with Crippen LogP contribution in [0.4, 0.5) is 5.69 Å². The second-order valence-corrected chi connectivity index (χ2v) is 10.0. The average Bonchev–Trinajstić information content (AvgIpc) is 3.32. The number of nitro groups is 1. The van der Waals surface area contributed by atoms with E-state index in [1.54, 1.807) is 6.07 Å². The van der Waals surface area contributed by atoms with E-state index in [-0.39, 0.29) is 17.3 Å². The third kappa shape index (κ3) is 7.39. The molecule has 0 amide bonds. The second kappa shape index (κ2) is 13.9. The predicted octanol–water partition coefficient (Wildman–Crippen LogP) is 7.91. The molecule has 5 rings (SSSR count). The largest absolute Gasteiger partial charge is 0.492 e. The summed E-state index contributed by atoms with van der Waals surface area (Å²) in [5, 5.41) is 24.6. The highest BCUT2D eigenvalue weighted by Gasteiger charge is 2.19. The van der Waals surface area contributed by atoms with Crippen molar-refractivity contribution in [1.82, 2.24) is 9.88 Å². The Morgan fingerprint density at radius 2 is 1.65 bits per heavy atom. The number of hydrogen-bond acceptors (Lipinski definition) is 5. The molecule has 1 unspecified atom stereocenters. The number of nitrogens with one attached hydrogen (secondary N) is 1. The van der Waals surface area contributed by atoms with Gasteiger partial charge in [0.05, 0.1) is 16.5 Å². The minimum atomic E-state index is -0.928. The fourth-order valence-electron chi connectivity index (χ4n) is 4.52. The topological polar surface area (TPSA) is 91.6 Å². The van der Waals surface area contributed by atoms with Gasteiger partial charge in [0, 0.05) is 48.1 Å². The zero-order valence-electron chi connectivity index (χ0n) is 22.7. The van der Waals surface area contributed by atoms with Gasteiger partial charge in [0.25, 0.3) is 5.69 Å². The minimum absolute atomic E-state index is 0.0439. The smallest absolute Gasteiger partial charge is 0.288 e. The SMILES string of the molecule is CCC.O=[N+]([O-])c1cc(C(O)CN(CCOc2ccc3c(c2)[nH]c2ccccc23)Cc2ccccc2)ccc1Cl. The maximum atomic E-state index is 11.3. The van der Waals surface area contributed by atoms with E-state index in [2.05, 4.69) is 41.9 Å². The lowest BCUT2D eigenvalue weighted by Crippen LogP contribution is -2.32. The average molecular weight is 560 g/mol. The van der Waals surface area contributed by atoms with E-state index in [0.29, 0.717) is 25.3 Å². The molecule has 0 aliphatic rings. The Morgan fingerprint density at radius 1 is 0.950 bits per heavy atom. The number of aromatic amines is 1. The molecule has 5 aromatic rings. The van der Waals surface area contributed by atoms with Crippen molar-refractivity contribution in [2.24, 2.45) is 0 Å². The van der Waals surface area contributed by atoms with Crippen LogP contribution in [-0.2, 0) is 6.54 Å². The van der Waals surface area contributed by atoms with E-state index in [1.807, 2.05) is 54.6 Å². The van der Waals surface area contributed by atoms with Gasteiger partial charge in [-0.3, -0.25) is 15.0 Å². The molecule has 0 aliphatic heterocycles. The highest BCUT2D eigenvalue weighted by molar-refractivity contribution is 6.32. The molecule has 0 saturated carbocycles. The number of rotatable bonds is 10. The number of para-hydroxylation sites is 1. The Bertz CT molecular complexity index is 1550. The normalized spacial score (nSPS) is 11.8. The van der Waals surface area contributed by atoms with Crippen LogP contribution in [0.1, 0.15) is 37.5 Å². The van der Waals surface area contributed by atoms with Gasteiger partial charge < -0.3 is 14.8 Å². The molecule has 0 saturated heterocycles. The number of nitro benzene ring substituents is 1. The lowest BCUT2D eigenvalue weighted by Gasteiger charge is -2.25. The number of hydrogen-bond donors (Lipinski definition) is 2. The van der Waals surface area contributed by atoms with Crippen LogP contribution < -0.4 is 4.74 Å². The van der Waals surface area contributed by atoms with Gasteiger partial charge in [-0.1, -0.05) is 86.5 Å². The van der Waals surface area contributed by atoms with Crippen molar-refractivity contribution in [3.05, 3.63) is 117 Å². The molecule has 0 spiro atoms. The molecule has 8 heteroatoms. The van der Waals surface area contributed by atoms with E-state index < -0.39 is 11.0 Å². The van der Waals surface area contributed by atoms with Crippen molar-refractivity contribution >= 4 is 39.1 Å². The number of aliphatic hydroxyl groups excluding tert-OH is 1. The summed E-state index contributed by atoms with van der Waals surface area (Å²) in [6, 6.07) is 28.5. The summed E-state index contributed by atoms with van der Waals surface area (Å²) in [5.41, 5.74) is 3.42. The van der Waals surface area contributed by atoms with Gasteiger partial charge in [-0.2, -0.15) is 0 Å². The fraction of sp³-hybridized carbons (Fsp3) is 0.250. The number of benzene rings is 4.